The normalized spacial score (nSPS) is 32.6. The summed E-state index contributed by atoms with van der Waals surface area (Å²) in [6, 6.07) is 16.0. The summed E-state index contributed by atoms with van der Waals surface area (Å²) >= 11 is 0. The molecule has 0 spiro atoms. The van der Waals surface area contributed by atoms with Gasteiger partial charge in [-0.2, -0.15) is 5.10 Å². The van der Waals surface area contributed by atoms with Crippen LogP contribution >= 0.6 is 0 Å². The van der Waals surface area contributed by atoms with Gasteiger partial charge in [-0.1, -0.05) is 42.0 Å². The van der Waals surface area contributed by atoms with E-state index in [0.717, 1.165) is 19.3 Å². The Bertz CT molecular complexity index is 949. The molecule has 0 radical (unpaired) electrons. The molecule has 2 aromatic carbocycles. The summed E-state index contributed by atoms with van der Waals surface area (Å²) in [4.78, 5) is 13.3. The Hall–Kier alpha value is -2.62. The molecule has 4 bridgehead atoms. The van der Waals surface area contributed by atoms with E-state index in [1.54, 1.807) is 18.2 Å². The van der Waals surface area contributed by atoms with E-state index in [9.17, 15) is 9.90 Å². The zero-order valence-electron chi connectivity index (χ0n) is 16.9. The van der Waals surface area contributed by atoms with Crippen molar-refractivity contribution in [3.63, 3.8) is 0 Å². The fourth-order valence-corrected chi connectivity index (χ4v) is 6.65. The van der Waals surface area contributed by atoms with E-state index >= 15 is 0 Å². The largest absolute Gasteiger partial charge is 0.507 e. The van der Waals surface area contributed by atoms with Crippen LogP contribution in [0.15, 0.2) is 53.6 Å². The SMILES string of the molecule is Cc1ccc(C23C[C@@H]4C[C@@H](CC(C(=O)N/N=C/c5ccccc5O)(C4)C2)C3)cc1. The average molecular weight is 389 g/mol. The molecule has 0 aliphatic heterocycles. The summed E-state index contributed by atoms with van der Waals surface area (Å²) in [7, 11) is 0. The smallest absolute Gasteiger partial charge is 0.246 e. The van der Waals surface area contributed by atoms with E-state index in [4.69, 9.17) is 0 Å². The number of para-hydroxylation sites is 1. The van der Waals surface area contributed by atoms with Gasteiger partial charge in [-0.25, -0.2) is 5.43 Å². The number of phenolic OH excluding ortho intramolecular Hbond substituents is 1. The molecular formula is C25H28N2O2. The van der Waals surface area contributed by atoms with Crippen LogP contribution in [-0.2, 0) is 10.2 Å². The van der Waals surface area contributed by atoms with Crippen LogP contribution in [0.5, 0.6) is 5.75 Å². The summed E-state index contributed by atoms with van der Waals surface area (Å²) in [5, 5.41) is 14.1. The van der Waals surface area contributed by atoms with Crippen molar-refractivity contribution in [1.29, 1.82) is 0 Å². The first-order valence-corrected chi connectivity index (χ1v) is 10.7. The van der Waals surface area contributed by atoms with Crippen molar-refractivity contribution in [2.75, 3.05) is 0 Å². The number of hydrazone groups is 1. The highest BCUT2D eigenvalue weighted by molar-refractivity contribution is 5.87. The minimum absolute atomic E-state index is 0.0507. The first-order chi connectivity index (χ1) is 14.0. The van der Waals surface area contributed by atoms with Gasteiger partial charge in [0.15, 0.2) is 0 Å². The van der Waals surface area contributed by atoms with Gasteiger partial charge in [0, 0.05) is 5.56 Å². The Balaban J connectivity index is 1.39. The summed E-state index contributed by atoms with van der Waals surface area (Å²) in [6.07, 6.45) is 8.11. The van der Waals surface area contributed by atoms with E-state index in [1.807, 2.05) is 6.07 Å². The van der Waals surface area contributed by atoms with Gasteiger partial charge in [-0.3, -0.25) is 4.79 Å². The Labute approximate surface area is 172 Å². The molecule has 150 valence electrons. The quantitative estimate of drug-likeness (QED) is 0.590. The lowest BCUT2D eigenvalue weighted by molar-refractivity contribution is -0.149. The number of amides is 1. The zero-order chi connectivity index (χ0) is 20.1. The number of carbonyl (C=O) groups excluding carboxylic acids is 1. The second kappa shape index (κ2) is 6.72. The molecular weight excluding hydrogens is 360 g/mol. The number of carbonyl (C=O) groups is 1. The highest BCUT2D eigenvalue weighted by Crippen LogP contribution is 2.65. The maximum Gasteiger partial charge on any atom is 0.246 e. The number of aromatic hydroxyl groups is 1. The van der Waals surface area contributed by atoms with Crippen LogP contribution < -0.4 is 5.43 Å². The molecule has 2 unspecified atom stereocenters. The first-order valence-electron chi connectivity index (χ1n) is 10.7. The summed E-state index contributed by atoms with van der Waals surface area (Å²) in [5.74, 6) is 1.48. The first kappa shape index (κ1) is 18.4. The standard InChI is InChI=1S/C25H28N2O2/c1-17-6-8-21(9-7-17)24-11-18-10-19(12-24)14-25(13-18,16-24)23(29)27-26-15-20-4-2-3-5-22(20)28/h2-9,15,18-19,28H,10-14,16H2,1H3,(H,27,29)/b26-15+/t18-,19+,24?,25?. The van der Waals surface area contributed by atoms with Crippen molar-refractivity contribution in [3.8, 4) is 5.75 Å². The number of nitrogens with one attached hydrogen (secondary N) is 1. The van der Waals surface area contributed by atoms with Crippen molar-refractivity contribution in [2.24, 2.45) is 22.4 Å². The monoisotopic (exact) mass is 388 g/mol. The summed E-state index contributed by atoms with van der Waals surface area (Å²) in [6.45, 7) is 2.13. The molecule has 0 aromatic heterocycles. The Morgan fingerprint density at radius 2 is 1.76 bits per heavy atom. The number of benzene rings is 2. The molecule has 6 rings (SSSR count). The molecule has 0 heterocycles. The van der Waals surface area contributed by atoms with E-state index in [0.29, 0.717) is 17.4 Å². The molecule has 1 amide bonds. The third kappa shape index (κ3) is 3.15. The molecule has 4 fully saturated rings. The van der Waals surface area contributed by atoms with Gasteiger partial charge in [0.05, 0.1) is 11.6 Å². The molecule has 0 saturated heterocycles. The van der Waals surface area contributed by atoms with Crippen LogP contribution in [0, 0.1) is 24.2 Å². The third-order valence-electron chi connectivity index (χ3n) is 7.51. The van der Waals surface area contributed by atoms with E-state index < -0.39 is 0 Å². The summed E-state index contributed by atoms with van der Waals surface area (Å²) in [5.41, 5.74) is 5.93. The molecule has 4 saturated carbocycles. The molecule has 4 aliphatic carbocycles. The van der Waals surface area contributed by atoms with E-state index in [2.05, 4.69) is 41.7 Å². The number of nitrogens with zero attached hydrogens (tertiary/aromatic N) is 1. The fourth-order valence-electron chi connectivity index (χ4n) is 6.65. The van der Waals surface area contributed by atoms with Gasteiger partial charge in [0.2, 0.25) is 5.91 Å². The second-order valence-electron chi connectivity index (χ2n) is 9.65. The van der Waals surface area contributed by atoms with Crippen molar-refractivity contribution < 1.29 is 9.90 Å². The molecule has 2 N–H and O–H groups in total. The molecule has 29 heavy (non-hydrogen) atoms. The lowest BCUT2D eigenvalue weighted by Gasteiger charge is -2.61. The predicted octanol–water partition coefficient (Wildman–Crippen LogP) is 4.69. The number of rotatable bonds is 4. The van der Waals surface area contributed by atoms with E-state index in [1.165, 1.54) is 36.6 Å². The van der Waals surface area contributed by atoms with Crippen LogP contribution in [0.1, 0.15) is 55.2 Å². The average Bonchev–Trinajstić information content (AvgIpc) is 2.69. The van der Waals surface area contributed by atoms with Gasteiger partial charge in [-0.15, -0.1) is 0 Å². The Morgan fingerprint density at radius 3 is 2.45 bits per heavy atom. The molecule has 4 atom stereocenters. The maximum absolute atomic E-state index is 13.3. The van der Waals surface area contributed by atoms with Crippen LogP contribution in [0.2, 0.25) is 0 Å². The van der Waals surface area contributed by atoms with Crippen LogP contribution in [0.3, 0.4) is 0 Å². The number of hydrogen-bond acceptors (Lipinski definition) is 3. The van der Waals surface area contributed by atoms with Crippen molar-refractivity contribution >= 4 is 12.1 Å². The minimum Gasteiger partial charge on any atom is -0.507 e. The molecule has 4 nitrogen and oxygen atoms in total. The zero-order valence-corrected chi connectivity index (χ0v) is 16.9. The van der Waals surface area contributed by atoms with Crippen LogP contribution in [0.25, 0.3) is 0 Å². The highest BCUT2D eigenvalue weighted by Gasteiger charge is 2.60. The lowest BCUT2D eigenvalue weighted by atomic mass is 9.42. The topological polar surface area (TPSA) is 61.7 Å². The second-order valence-corrected chi connectivity index (χ2v) is 9.65. The Kier molecular flexibility index (Phi) is 4.27. The van der Waals surface area contributed by atoms with Gasteiger partial charge >= 0.3 is 0 Å². The summed E-state index contributed by atoms with van der Waals surface area (Å²) < 4.78 is 0. The van der Waals surface area contributed by atoms with Crippen molar-refractivity contribution in [2.45, 2.75) is 50.9 Å². The Morgan fingerprint density at radius 1 is 1.07 bits per heavy atom. The number of aryl methyl sites for hydroxylation is 1. The molecule has 2 aromatic rings. The van der Waals surface area contributed by atoms with Crippen LogP contribution in [-0.4, -0.2) is 17.2 Å². The molecule has 4 heteroatoms. The highest BCUT2D eigenvalue weighted by atomic mass is 16.3. The predicted molar refractivity (Wildman–Crippen MR) is 114 cm³/mol. The molecule has 4 aliphatic rings. The fraction of sp³-hybridized carbons (Fsp3) is 0.440. The van der Waals surface area contributed by atoms with Gasteiger partial charge in [0.25, 0.3) is 0 Å². The minimum atomic E-state index is -0.314. The van der Waals surface area contributed by atoms with Crippen molar-refractivity contribution in [1.82, 2.24) is 5.43 Å². The van der Waals surface area contributed by atoms with E-state index in [-0.39, 0.29) is 22.5 Å². The number of hydrogen-bond donors (Lipinski definition) is 2. The van der Waals surface area contributed by atoms with Crippen LogP contribution in [0.4, 0.5) is 0 Å². The number of phenols is 1. The maximum atomic E-state index is 13.3. The van der Waals surface area contributed by atoms with Crippen molar-refractivity contribution in [3.05, 3.63) is 65.2 Å². The van der Waals surface area contributed by atoms with Gasteiger partial charge in [0.1, 0.15) is 5.75 Å². The van der Waals surface area contributed by atoms with Gasteiger partial charge in [-0.05, 0) is 80.4 Å². The lowest BCUT2D eigenvalue weighted by Crippen LogP contribution is -2.58. The van der Waals surface area contributed by atoms with Gasteiger partial charge < -0.3 is 5.11 Å². The third-order valence-corrected chi connectivity index (χ3v) is 7.51.